The minimum absolute atomic E-state index is 0.407. The van der Waals surface area contributed by atoms with Gasteiger partial charge < -0.3 is 9.84 Å². The van der Waals surface area contributed by atoms with Crippen molar-refractivity contribution in [2.75, 3.05) is 7.11 Å². The zero-order valence-corrected chi connectivity index (χ0v) is 13.6. The first-order chi connectivity index (χ1) is 10.8. The molecule has 0 heterocycles. The van der Waals surface area contributed by atoms with Gasteiger partial charge in [0.1, 0.15) is 5.75 Å². The van der Waals surface area contributed by atoms with E-state index in [2.05, 4.69) is 19.1 Å². The predicted octanol–water partition coefficient (Wildman–Crippen LogP) is 5.37. The first-order valence-electron chi connectivity index (χ1n) is 8.17. The van der Waals surface area contributed by atoms with Crippen LogP contribution in [0.2, 0.25) is 0 Å². The number of ether oxygens (including phenoxy) is 1. The minimum atomic E-state index is -0.407. The standard InChI is InChI=1S/C20H26O2/c1-3-4-5-9-12-19(21)17-13-14-18(20(15-17)22-2)16-10-7-6-8-11-16/h6-8,10-11,13-15,19,21H,3-5,9,12H2,1-2H3. The van der Waals surface area contributed by atoms with Crippen LogP contribution < -0.4 is 4.74 Å². The number of unbranched alkanes of at least 4 members (excludes halogenated alkanes) is 3. The Labute approximate surface area is 133 Å². The fourth-order valence-electron chi connectivity index (χ4n) is 2.70. The van der Waals surface area contributed by atoms with Gasteiger partial charge in [-0.1, -0.05) is 75.1 Å². The van der Waals surface area contributed by atoms with Gasteiger partial charge in [0.15, 0.2) is 0 Å². The highest BCUT2D eigenvalue weighted by Crippen LogP contribution is 2.33. The van der Waals surface area contributed by atoms with Gasteiger partial charge >= 0.3 is 0 Å². The fourth-order valence-corrected chi connectivity index (χ4v) is 2.70. The average Bonchev–Trinajstić information content (AvgIpc) is 2.58. The van der Waals surface area contributed by atoms with Gasteiger partial charge in [-0.15, -0.1) is 0 Å². The first kappa shape index (κ1) is 16.6. The lowest BCUT2D eigenvalue weighted by Crippen LogP contribution is -1.99. The molecule has 1 unspecified atom stereocenters. The Bertz CT molecular complexity index is 563. The van der Waals surface area contributed by atoms with E-state index in [-0.39, 0.29) is 0 Å². The van der Waals surface area contributed by atoms with Gasteiger partial charge in [0.2, 0.25) is 0 Å². The van der Waals surface area contributed by atoms with Crippen molar-refractivity contribution in [2.45, 2.75) is 45.1 Å². The molecule has 0 aromatic heterocycles. The number of aliphatic hydroxyl groups excluding tert-OH is 1. The maximum absolute atomic E-state index is 10.3. The van der Waals surface area contributed by atoms with Crippen molar-refractivity contribution < 1.29 is 9.84 Å². The van der Waals surface area contributed by atoms with E-state index >= 15 is 0 Å². The molecule has 0 aliphatic heterocycles. The summed E-state index contributed by atoms with van der Waals surface area (Å²) in [5.74, 6) is 0.816. The lowest BCUT2D eigenvalue weighted by molar-refractivity contribution is 0.163. The van der Waals surface area contributed by atoms with Crippen molar-refractivity contribution in [3.05, 3.63) is 54.1 Å². The van der Waals surface area contributed by atoms with Crippen molar-refractivity contribution >= 4 is 0 Å². The van der Waals surface area contributed by atoms with Crippen LogP contribution in [0, 0.1) is 0 Å². The Morgan fingerprint density at radius 2 is 1.77 bits per heavy atom. The monoisotopic (exact) mass is 298 g/mol. The number of hydrogen-bond donors (Lipinski definition) is 1. The van der Waals surface area contributed by atoms with E-state index in [9.17, 15) is 5.11 Å². The summed E-state index contributed by atoms with van der Waals surface area (Å²) >= 11 is 0. The second-order valence-corrected chi connectivity index (χ2v) is 5.69. The van der Waals surface area contributed by atoms with Crippen LogP contribution in [0.25, 0.3) is 11.1 Å². The maximum Gasteiger partial charge on any atom is 0.127 e. The Morgan fingerprint density at radius 3 is 2.45 bits per heavy atom. The van der Waals surface area contributed by atoms with Crippen LogP contribution in [0.5, 0.6) is 5.75 Å². The highest BCUT2D eigenvalue weighted by atomic mass is 16.5. The number of rotatable bonds is 8. The smallest absolute Gasteiger partial charge is 0.127 e. The summed E-state index contributed by atoms with van der Waals surface area (Å²) in [6, 6.07) is 16.2. The summed E-state index contributed by atoms with van der Waals surface area (Å²) in [4.78, 5) is 0. The molecule has 2 aromatic rings. The number of benzene rings is 2. The lowest BCUT2D eigenvalue weighted by atomic mass is 9.98. The van der Waals surface area contributed by atoms with Crippen LogP contribution in [0.3, 0.4) is 0 Å². The SMILES string of the molecule is CCCCCCC(O)c1ccc(-c2ccccc2)c(OC)c1. The number of methoxy groups -OCH3 is 1. The van der Waals surface area contributed by atoms with E-state index in [4.69, 9.17) is 4.74 Å². The number of hydrogen-bond acceptors (Lipinski definition) is 2. The van der Waals surface area contributed by atoms with E-state index < -0.39 is 6.10 Å². The van der Waals surface area contributed by atoms with E-state index in [1.54, 1.807) is 7.11 Å². The molecule has 1 N–H and O–H groups in total. The molecular formula is C20H26O2. The number of aliphatic hydroxyl groups is 1. The molecule has 1 atom stereocenters. The highest BCUT2D eigenvalue weighted by Gasteiger charge is 2.12. The quantitative estimate of drug-likeness (QED) is 0.664. The van der Waals surface area contributed by atoms with E-state index in [1.165, 1.54) is 19.3 Å². The second-order valence-electron chi connectivity index (χ2n) is 5.69. The highest BCUT2D eigenvalue weighted by molar-refractivity contribution is 5.70. The molecule has 22 heavy (non-hydrogen) atoms. The largest absolute Gasteiger partial charge is 0.496 e. The second kappa shape index (κ2) is 8.60. The van der Waals surface area contributed by atoms with Crippen LogP contribution >= 0.6 is 0 Å². The third kappa shape index (κ3) is 4.35. The Morgan fingerprint density at radius 1 is 1.00 bits per heavy atom. The fraction of sp³-hybridized carbons (Fsp3) is 0.400. The molecule has 0 saturated carbocycles. The van der Waals surface area contributed by atoms with E-state index in [0.717, 1.165) is 35.3 Å². The molecule has 2 rings (SSSR count). The van der Waals surface area contributed by atoms with Crippen LogP contribution in [-0.4, -0.2) is 12.2 Å². The van der Waals surface area contributed by atoms with Crippen molar-refractivity contribution in [3.63, 3.8) is 0 Å². The molecule has 0 bridgehead atoms. The Kier molecular flexibility index (Phi) is 6.47. The third-order valence-corrected chi connectivity index (χ3v) is 4.03. The summed E-state index contributed by atoms with van der Waals surface area (Å²) in [5.41, 5.74) is 3.13. The van der Waals surface area contributed by atoms with Crippen molar-refractivity contribution in [1.29, 1.82) is 0 Å². The molecular weight excluding hydrogens is 272 g/mol. The van der Waals surface area contributed by atoms with E-state index in [1.807, 2.05) is 36.4 Å². The normalized spacial score (nSPS) is 12.1. The van der Waals surface area contributed by atoms with Gasteiger partial charge in [-0.2, -0.15) is 0 Å². The summed E-state index contributed by atoms with van der Waals surface area (Å²) in [6.07, 6.45) is 5.12. The molecule has 2 heteroatoms. The summed E-state index contributed by atoms with van der Waals surface area (Å²) < 4.78 is 5.52. The molecule has 2 nitrogen and oxygen atoms in total. The van der Waals surface area contributed by atoms with Crippen LogP contribution in [0.15, 0.2) is 48.5 Å². The molecule has 0 radical (unpaired) electrons. The van der Waals surface area contributed by atoms with Crippen LogP contribution in [0.4, 0.5) is 0 Å². The van der Waals surface area contributed by atoms with Crippen molar-refractivity contribution in [1.82, 2.24) is 0 Å². The zero-order chi connectivity index (χ0) is 15.8. The molecule has 118 valence electrons. The van der Waals surface area contributed by atoms with Gasteiger partial charge in [0, 0.05) is 5.56 Å². The topological polar surface area (TPSA) is 29.5 Å². The van der Waals surface area contributed by atoms with Gasteiger partial charge in [0.25, 0.3) is 0 Å². The Balaban J connectivity index is 2.12. The Hall–Kier alpha value is -1.80. The summed E-state index contributed by atoms with van der Waals surface area (Å²) in [7, 11) is 1.68. The molecule has 0 amide bonds. The molecule has 0 aliphatic rings. The summed E-state index contributed by atoms with van der Waals surface area (Å²) in [5, 5.41) is 10.3. The van der Waals surface area contributed by atoms with Crippen LogP contribution in [0.1, 0.15) is 50.7 Å². The zero-order valence-electron chi connectivity index (χ0n) is 13.6. The van der Waals surface area contributed by atoms with E-state index in [0.29, 0.717) is 0 Å². The lowest BCUT2D eigenvalue weighted by Gasteiger charge is -2.15. The predicted molar refractivity (Wildman–Crippen MR) is 92.1 cm³/mol. The molecule has 0 saturated heterocycles. The maximum atomic E-state index is 10.3. The van der Waals surface area contributed by atoms with Gasteiger partial charge in [-0.3, -0.25) is 0 Å². The third-order valence-electron chi connectivity index (χ3n) is 4.03. The summed E-state index contributed by atoms with van der Waals surface area (Å²) in [6.45, 7) is 2.20. The minimum Gasteiger partial charge on any atom is -0.496 e. The van der Waals surface area contributed by atoms with Crippen LogP contribution in [-0.2, 0) is 0 Å². The average molecular weight is 298 g/mol. The van der Waals surface area contributed by atoms with Crippen molar-refractivity contribution in [2.24, 2.45) is 0 Å². The first-order valence-corrected chi connectivity index (χ1v) is 8.17. The van der Waals surface area contributed by atoms with Crippen molar-refractivity contribution in [3.8, 4) is 16.9 Å². The van der Waals surface area contributed by atoms with Gasteiger partial charge in [-0.25, -0.2) is 0 Å². The van der Waals surface area contributed by atoms with Gasteiger partial charge in [0.05, 0.1) is 13.2 Å². The molecule has 0 aliphatic carbocycles. The molecule has 0 spiro atoms. The molecule has 0 fully saturated rings. The van der Waals surface area contributed by atoms with Gasteiger partial charge in [-0.05, 0) is 23.6 Å². The molecule has 2 aromatic carbocycles.